The molecule has 3 aromatic heterocycles. The van der Waals surface area contributed by atoms with Gasteiger partial charge in [-0.1, -0.05) is 12.1 Å². The first-order valence-electron chi connectivity index (χ1n) is 19.0. The number of amides is 3. The van der Waals surface area contributed by atoms with E-state index in [9.17, 15) is 14.4 Å². The lowest BCUT2D eigenvalue weighted by Gasteiger charge is -2.39. The number of hydrogen-bond donors (Lipinski definition) is 2. The fourth-order valence-corrected chi connectivity index (χ4v) is 7.81. The average molecular weight is 735 g/mol. The molecule has 3 amide bonds. The van der Waals surface area contributed by atoms with Crippen molar-refractivity contribution < 1.29 is 28.6 Å². The van der Waals surface area contributed by atoms with E-state index >= 15 is 0 Å². The first kappa shape index (κ1) is 35.7. The quantitative estimate of drug-likeness (QED) is 0.188. The maximum atomic E-state index is 13.8. The van der Waals surface area contributed by atoms with Gasteiger partial charge in [0, 0.05) is 68.1 Å². The van der Waals surface area contributed by atoms with Gasteiger partial charge in [-0.05, 0) is 81.7 Å². The molecule has 3 fully saturated rings. The zero-order valence-electron chi connectivity index (χ0n) is 30.6. The van der Waals surface area contributed by atoms with Crippen molar-refractivity contribution in [2.45, 2.75) is 83.1 Å². The fourth-order valence-electron chi connectivity index (χ4n) is 7.81. The zero-order valence-corrected chi connectivity index (χ0v) is 30.6. The Morgan fingerprint density at radius 2 is 1.93 bits per heavy atom. The van der Waals surface area contributed by atoms with Gasteiger partial charge in [-0.25, -0.2) is 14.2 Å². The molecule has 0 radical (unpaired) electrons. The van der Waals surface area contributed by atoms with E-state index in [1.807, 2.05) is 68.7 Å². The summed E-state index contributed by atoms with van der Waals surface area (Å²) in [5, 5.41) is 15.7. The van der Waals surface area contributed by atoms with E-state index in [1.165, 1.54) is 5.56 Å². The highest BCUT2D eigenvalue weighted by Crippen LogP contribution is 2.31. The van der Waals surface area contributed by atoms with Gasteiger partial charge >= 0.3 is 0 Å². The number of hydrogen-bond acceptors (Lipinski definition) is 10. The molecular formula is C40H46N8O6. The van der Waals surface area contributed by atoms with Gasteiger partial charge in [-0.2, -0.15) is 10.2 Å². The van der Waals surface area contributed by atoms with Crippen molar-refractivity contribution in [3.8, 4) is 17.2 Å². The number of nitrogens with zero attached hydrogens (tertiary/aromatic N) is 6. The number of benzene rings is 2. The van der Waals surface area contributed by atoms with Crippen LogP contribution in [0.3, 0.4) is 0 Å². The van der Waals surface area contributed by atoms with Crippen LogP contribution in [0.5, 0.6) is 11.5 Å². The molecule has 14 nitrogen and oxygen atoms in total. The molecular weight excluding hydrogens is 688 g/mol. The van der Waals surface area contributed by atoms with Crippen LogP contribution in [0, 0.1) is 5.92 Å². The number of nitrogens with one attached hydrogen (secondary N) is 2. The molecule has 1 aliphatic carbocycles. The number of piperidine rings is 1. The van der Waals surface area contributed by atoms with Gasteiger partial charge in [0.25, 0.3) is 11.8 Å². The van der Waals surface area contributed by atoms with Crippen molar-refractivity contribution in [1.82, 2.24) is 39.9 Å². The van der Waals surface area contributed by atoms with Crippen LogP contribution in [0.4, 0.5) is 0 Å². The minimum absolute atomic E-state index is 0.0883. The normalized spacial score (nSPS) is 22.4. The average Bonchev–Trinajstić information content (AvgIpc) is 3.78. The van der Waals surface area contributed by atoms with E-state index in [0.717, 1.165) is 68.4 Å². The third kappa shape index (κ3) is 7.94. The van der Waals surface area contributed by atoms with Crippen LogP contribution in [0.1, 0.15) is 68.3 Å². The van der Waals surface area contributed by atoms with Gasteiger partial charge in [0.2, 0.25) is 5.91 Å². The monoisotopic (exact) mass is 734 g/mol. The van der Waals surface area contributed by atoms with E-state index in [1.54, 1.807) is 21.6 Å². The molecule has 2 saturated heterocycles. The summed E-state index contributed by atoms with van der Waals surface area (Å²) < 4.78 is 21.4. The highest BCUT2D eigenvalue weighted by Gasteiger charge is 2.31. The van der Waals surface area contributed by atoms with Crippen LogP contribution in [-0.4, -0.2) is 97.6 Å². The number of morpholine rings is 1. The maximum Gasteiger partial charge on any atom is 0.267 e. The van der Waals surface area contributed by atoms with E-state index < -0.39 is 6.10 Å². The Morgan fingerprint density at radius 3 is 2.72 bits per heavy atom. The predicted octanol–water partition coefficient (Wildman–Crippen LogP) is 4.27. The summed E-state index contributed by atoms with van der Waals surface area (Å²) in [6.45, 7) is 7.20. The maximum absolute atomic E-state index is 13.8. The Bertz CT molecular complexity index is 2140. The SMILES string of the molecule is CC(C)Oc1cc2nn(-c3cnn4cccnc34)cc2cc1C(=O)NC1CCC(CN2CCOC[C@H]2Cc2ccc(O[C@@H]3CCC(=O)NC3=O)cc2)CC1. The third-order valence-electron chi connectivity index (χ3n) is 10.6. The predicted molar refractivity (Wildman–Crippen MR) is 200 cm³/mol. The molecule has 3 aliphatic rings. The summed E-state index contributed by atoms with van der Waals surface area (Å²) >= 11 is 0. The summed E-state index contributed by atoms with van der Waals surface area (Å²) in [7, 11) is 0. The summed E-state index contributed by atoms with van der Waals surface area (Å²) in [4.78, 5) is 44.4. The molecule has 2 atom stereocenters. The molecule has 5 heterocycles. The van der Waals surface area contributed by atoms with E-state index in [-0.39, 0.29) is 42.3 Å². The smallest absolute Gasteiger partial charge is 0.267 e. The van der Waals surface area contributed by atoms with Crippen LogP contribution in [0.25, 0.3) is 22.2 Å². The molecule has 14 heteroatoms. The molecule has 2 aliphatic heterocycles. The van der Waals surface area contributed by atoms with Crippen LogP contribution in [-0.2, 0) is 20.7 Å². The van der Waals surface area contributed by atoms with Gasteiger partial charge in [0.1, 0.15) is 17.2 Å². The third-order valence-corrected chi connectivity index (χ3v) is 10.6. The Kier molecular flexibility index (Phi) is 10.3. The fraction of sp³-hybridized carbons (Fsp3) is 0.450. The van der Waals surface area contributed by atoms with Gasteiger partial charge in [0.15, 0.2) is 11.8 Å². The Balaban J connectivity index is 0.869. The summed E-state index contributed by atoms with van der Waals surface area (Å²) in [6.07, 6.45) is 11.9. The van der Waals surface area contributed by atoms with Crippen molar-refractivity contribution in [2.24, 2.45) is 5.92 Å². The molecule has 2 aromatic carbocycles. The number of fused-ring (bicyclic) bond motifs is 2. The van der Waals surface area contributed by atoms with E-state index in [4.69, 9.17) is 19.3 Å². The lowest BCUT2D eigenvalue weighted by atomic mass is 9.85. The minimum Gasteiger partial charge on any atom is -0.490 e. The van der Waals surface area contributed by atoms with Gasteiger partial charge in [-0.3, -0.25) is 24.6 Å². The van der Waals surface area contributed by atoms with E-state index in [2.05, 4.69) is 25.6 Å². The molecule has 54 heavy (non-hydrogen) atoms. The summed E-state index contributed by atoms with van der Waals surface area (Å²) in [5.74, 6) is 0.902. The molecule has 0 unspecified atom stereocenters. The molecule has 1 saturated carbocycles. The minimum atomic E-state index is -0.648. The lowest BCUT2D eigenvalue weighted by molar-refractivity contribution is -0.138. The number of imide groups is 1. The van der Waals surface area contributed by atoms with Crippen molar-refractivity contribution in [3.63, 3.8) is 0 Å². The highest BCUT2D eigenvalue weighted by molar-refractivity contribution is 6.01. The molecule has 0 spiro atoms. The molecule has 0 bridgehead atoms. The van der Waals surface area contributed by atoms with Crippen LogP contribution in [0.15, 0.2) is 67.3 Å². The molecule has 2 N–H and O–H groups in total. The van der Waals surface area contributed by atoms with Crippen LogP contribution in [0.2, 0.25) is 0 Å². The Labute approximate surface area is 313 Å². The first-order chi connectivity index (χ1) is 26.3. The Hall–Kier alpha value is -5.34. The number of carbonyl (C=O) groups is 3. The second kappa shape index (κ2) is 15.6. The number of ether oxygens (including phenoxy) is 3. The summed E-state index contributed by atoms with van der Waals surface area (Å²) in [5.41, 5.74) is 3.83. The van der Waals surface area contributed by atoms with Crippen molar-refractivity contribution in [2.75, 3.05) is 26.3 Å². The van der Waals surface area contributed by atoms with E-state index in [0.29, 0.717) is 41.7 Å². The standard InChI is InChI=1S/C40H46N8O6/c1-25(2)53-36-20-33-28(23-48(45-33)34-21-42-47-15-3-14-41-38(34)47)19-32(36)39(50)43-29-8-4-27(5-9-29)22-46-16-17-52-24-30(46)18-26-6-10-31(11-7-26)54-35-12-13-37(49)44-40(35)51/h3,6-7,10-11,14-15,19-21,23,25,27,29-30,35H,4-5,8-9,12-13,16-18,22,24H2,1-2H3,(H,43,50)(H,44,49,51)/t27?,29?,30-,35-/m1/s1. The molecule has 282 valence electrons. The van der Waals surface area contributed by atoms with Crippen molar-refractivity contribution >= 4 is 34.3 Å². The first-order valence-corrected chi connectivity index (χ1v) is 19.0. The van der Waals surface area contributed by atoms with Crippen molar-refractivity contribution in [3.05, 3.63) is 78.4 Å². The zero-order chi connectivity index (χ0) is 37.2. The van der Waals surface area contributed by atoms with Gasteiger partial charge in [-0.15, -0.1) is 0 Å². The van der Waals surface area contributed by atoms with Crippen LogP contribution < -0.4 is 20.1 Å². The number of aromatic nitrogens is 5. The van der Waals surface area contributed by atoms with Gasteiger partial charge < -0.3 is 19.5 Å². The second-order valence-corrected chi connectivity index (χ2v) is 14.9. The topological polar surface area (TPSA) is 154 Å². The summed E-state index contributed by atoms with van der Waals surface area (Å²) in [6, 6.07) is 13.8. The lowest BCUT2D eigenvalue weighted by Crippen LogP contribution is -2.49. The number of rotatable bonds is 11. The highest BCUT2D eigenvalue weighted by atomic mass is 16.5. The second-order valence-electron chi connectivity index (χ2n) is 14.9. The Morgan fingerprint density at radius 1 is 1.09 bits per heavy atom. The van der Waals surface area contributed by atoms with Gasteiger partial charge in [0.05, 0.1) is 36.6 Å². The van der Waals surface area contributed by atoms with Crippen molar-refractivity contribution in [1.29, 1.82) is 0 Å². The van der Waals surface area contributed by atoms with Crippen LogP contribution >= 0.6 is 0 Å². The molecule has 5 aromatic rings. The largest absolute Gasteiger partial charge is 0.490 e. The number of carbonyl (C=O) groups excluding carboxylic acids is 3. The molecule has 8 rings (SSSR count).